The smallest absolute Gasteiger partial charge is 0.224 e. The summed E-state index contributed by atoms with van der Waals surface area (Å²) in [6, 6.07) is 5.40. The number of amides is 1. The maximum absolute atomic E-state index is 11.8. The molecule has 0 radical (unpaired) electrons. The third-order valence-corrected chi connectivity index (χ3v) is 4.47. The molecule has 2 rings (SSSR count). The normalized spacial score (nSPS) is 12.2. The molecule has 1 amide bonds. The Morgan fingerprint density at radius 3 is 2.91 bits per heavy atom. The molecule has 118 valence electrons. The Hall–Kier alpha value is -1.57. The van der Waals surface area contributed by atoms with Crippen LogP contribution < -0.4 is 11.1 Å². The van der Waals surface area contributed by atoms with E-state index in [1.165, 1.54) is 11.8 Å². The van der Waals surface area contributed by atoms with Crippen LogP contribution in [0.1, 0.15) is 19.8 Å². The van der Waals surface area contributed by atoms with E-state index < -0.39 is 0 Å². The summed E-state index contributed by atoms with van der Waals surface area (Å²) in [5, 5.41) is 11.9. The lowest BCUT2D eigenvalue weighted by Gasteiger charge is -2.09. The van der Waals surface area contributed by atoms with Crippen LogP contribution in [0.15, 0.2) is 34.6 Å². The zero-order valence-electron chi connectivity index (χ0n) is 12.4. The summed E-state index contributed by atoms with van der Waals surface area (Å²) < 4.78 is 1.81. The molecule has 0 saturated carbocycles. The minimum absolute atomic E-state index is 0.0134. The van der Waals surface area contributed by atoms with E-state index in [0.717, 1.165) is 10.1 Å². The van der Waals surface area contributed by atoms with Gasteiger partial charge >= 0.3 is 0 Å². The van der Waals surface area contributed by atoms with Crippen molar-refractivity contribution in [3.63, 3.8) is 0 Å². The Labute approximate surface area is 138 Å². The third-order valence-electron chi connectivity index (χ3n) is 2.91. The molecule has 1 unspecified atom stereocenters. The molecule has 3 N–H and O–H groups in total. The second-order valence-electron chi connectivity index (χ2n) is 5.04. The summed E-state index contributed by atoms with van der Waals surface area (Å²) in [5.41, 5.74) is 6.31. The lowest BCUT2D eigenvalue weighted by atomic mass is 10.2. The SMILES string of the molecule is CC(N)CCC(=O)Nc1ccc(Sc2nncn2C)c(Cl)c1. The van der Waals surface area contributed by atoms with E-state index in [9.17, 15) is 4.79 Å². The van der Waals surface area contributed by atoms with Crippen molar-refractivity contribution >= 4 is 35.0 Å². The summed E-state index contributed by atoms with van der Waals surface area (Å²) in [6.07, 6.45) is 2.67. The van der Waals surface area contributed by atoms with Crippen molar-refractivity contribution in [3.05, 3.63) is 29.5 Å². The molecule has 1 aromatic carbocycles. The van der Waals surface area contributed by atoms with Crippen LogP contribution in [0.25, 0.3) is 0 Å². The average molecular weight is 340 g/mol. The molecule has 1 atom stereocenters. The highest BCUT2D eigenvalue weighted by atomic mass is 35.5. The Kier molecular flexibility index (Phi) is 5.82. The van der Waals surface area contributed by atoms with Crippen molar-refractivity contribution in [1.82, 2.24) is 14.8 Å². The zero-order chi connectivity index (χ0) is 16.1. The van der Waals surface area contributed by atoms with Crippen molar-refractivity contribution in [1.29, 1.82) is 0 Å². The topological polar surface area (TPSA) is 85.8 Å². The number of rotatable bonds is 6. The minimum Gasteiger partial charge on any atom is -0.328 e. The quantitative estimate of drug-likeness (QED) is 0.845. The summed E-state index contributed by atoms with van der Waals surface area (Å²) in [5.74, 6) is -0.0675. The van der Waals surface area contributed by atoms with E-state index in [1.54, 1.807) is 12.4 Å². The second-order valence-corrected chi connectivity index (χ2v) is 6.45. The lowest BCUT2D eigenvalue weighted by molar-refractivity contribution is -0.116. The van der Waals surface area contributed by atoms with Gasteiger partial charge in [0.15, 0.2) is 5.16 Å². The van der Waals surface area contributed by atoms with Crippen molar-refractivity contribution in [2.45, 2.75) is 35.9 Å². The molecule has 0 fully saturated rings. The van der Waals surface area contributed by atoms with Gasteiger partial charge in [-0.3, -0.25) is 4.79 Å². The number of nitrogens with zero attached hydrogens (tertiary/aromatic N) is 3. The highest BCUT2D eigenvalue weighted by molar-refractivity contribution is 7.99. The first-order valence-electron chi connectivity index (χ1n) is 6.82. The number of aromatic nitrogens is 3. The number of nitrogens with two attached hydrogens (primary N) is 1. The van der Waals surface area contributed by atoms with E-state index in [1.807, 2.05) is 30.7 Å². The lowest BCUT2D eigenvalue weighted by Crippen LogP contribution is -2.19. The highest BCUT2D eigenvalue weighted by Crippen LogP contribution is 2.33. The van der Waals surface area contributed by atoms with Crippen molar-refractivity contribution < 1.29 is 4.79 Å². The number of carbonyl (C=O) groups is 1. The molecule has 6 nitrogen and oxygen atoms in total. The van der Waals surface area contributed by atoms with Gasteiger partial charge in [0.05, 0.1) is 5.02 Å². The third kappa shape index (κ3) is 4.72. The largest absolute Gasteiger partial charge is 0.328 e. The van der Waals surface area contributed by atoms with Gasteiger partial charge in [-0.05, 0) is 43.3 Å². The van der Waals surface area contributed by atoms with Gasteiger partial charge in [-0.25, -0.2) is 0 Å². The van der Waals surface area contributed by atoms with E-state index in [4.69, 9.17) is 17.3 Å². The first-order valence-corrected chi connectivity index (χ1v) is 8.02. The number of carbonyl (C=O) groups excluding carboxylic acids is 1. The van der Waals surface area contributed by atoms with Gasteiger partial charge in [0.2, 0.25) is 5.91 Å². The molecule has 0 saturated heterocycles. The van der Waals surface area contributed by atoms with Crippen LogP contribution in [0, 0.1) is 0 Å². The van der Waals surface area contributed by atoms with Crippen LogP contribution in [0.2, 0.25) is 5.02 Å². The minimum atomic E-state index is -0.0675. The van der Waals surface area contributed by atoms with Crippen molar-refractivity contribution in [3.8, 4) is 0 Å². The van der Waals surface area contributed by atoms with E-state index in [-0.39, 0.29) is 11.9 Å². The van der Waals surface area contributed by atoms with Crippen molar-refractivity contribution in [2.24, 2.45) is 12.8 Å². The Bertz CT molecular complexity index is 658. The Morgan fingerprint density at radius 1 is 1.55 bits per heavy atom. The molecule has 0 bridgehead atoms. The van der Waals surface area contributed by atoms with Crippen LogP contribution in [0.3, 0.4) is 0 Å². The van der Waals surface area contributed by atoms with Gasteiger partial charge in [0.25, 0.3) is 0 Å². The van der Waals surface area contributed by atoms with Gasteiger partial charge in [-0.2, -0.15) is 0 Å². The number of nitrogens with one attached hydrogen (secondary N) is 1. The highest BCUT2D eigenvalue weighted by Gasteiger charge is 2.10. The average Bonchev–Trinajstić information content (AvgIpc) is 2.85. The molecule has 2 aromatic rings. The van der Waals surface area contributed by atoms with Crippen LogP contribution in [-0.2, 0) is 11.8 Å². The maximum Gasteiger partial charge on any atom is 0.224 e. The molecule has 1 heterocycles. The summed E-state index contributed by atoms with van der Waals surface area (Å²) in [4.78, 5) is 12.6. The molecule has 0 aliphatic carbocycles. The fourth-order valence-electron chi connectivity index (χ4n) is 1.71. The molecular weight excluding hydrogens is 322 g/mol. The zero-order valence-corrected chi connectivity index (χ0v) is 14.0. The first kappa shape index (κ1) is 16.8. The van der Waals surface area contributed by atoms with E-state index >= 15 is 0 Å². The number of hydrogen-bond acceptors (Lipinski definition) is 5. The van der Waals surface area contributed by atoms with Gasteiger partial charge in [-0.15, -0.1) is 10.2 Å². The van der Waals surface area contributed by atoms with E-state index in [2.05, 4.69) is 15.5 Å². The number of anilines is 1. The number of hydrogen-bond donors (Lipinski definition) is 2. The monoisotopic (exact) mass is 339 g/mol. The molecular formula is C14H18ClN5OS. The van der Waals surface area contributed by atoms with Crippen LogP contribution in [-0.4, -0.2) is 26.7 Å². The van der Waals surface area contributed by atoms with Crippen LogP contribution >= 0.6 is 23.4 Å². The molecule has 0 spiro atoms. The van der Waals surface area contributed by atoms with Gasteiger partial charge < -0.3 is 15.6 Å². The maximum atomic E-state index is 11.8. The predicted octanol–water partition coefficient (Wildman–Crippen LogP) is 2.69. The first-order chi connectivity index (χ1) is 10.5. The number of benzene rings is 1. The van der Waals surface area contributed by atoms with Crippen LogP contribution in [0.4, 0.5) is 5.69 Å². The second kappa shape index (κ2) is 7.62. The molecule has 0 aliphatic rings. The Balaban J connectivity index is 2.00. The molecule has 22 heavy (non-hydrogen) atoms. The number of aryl methyl sites for hydroxylation is 1. The Morgan fingerprint density at radius 2 is 2.32 bits per heavy atom. The number of halogens is 1. The van der Waals surface area contributed by atoms with Gasteiger partial charge in [-0.1, -0.05) is 11.6 Å². The van der Waals surface area contributed by atoms with E-state index in [0.29, 0.717) is 23.6 Å². The predicted molar refractivity (Wildman–Crippen MR) is 88.1 cm³/mol. The fraction of sp³-hybridized carbons (Fsp3) is 0.357. The van der Waals surface area contributed by atoms with Crippen LogP contribution in [0.5, 0.6) is 0 Å². The summed E-state index contributed by atoms with van der Waals surface area (Å²) >= 11 is 7.68. The standard InChI is InChI=1S/C14H18ClN5OS/c1-9(16)3-6-13(21)18-10-4-5-12(11(15)7-10)22-14-19-17-8-20(14)2/h4-5,7-9H,3,6,16H2,1-2H3,(H,18,21). The molecule has 0 aliphatic heterocycles. The van der Waals surface area contributed by atoms with Gasteiger partial charge in [0.1, 0.15) is 6.33 Å². The summed E-state index contributed by atoms with van der Waals surface area (Å²) in [7, 11) is 1.86. The van der Waals surface area contributed by atoms with Gasteiger partial charge in [0, 0.05) is 30.1 Å². The van der Waals surface area contributed by atoms with Crippen molar-refractivity contribution in [2.75, 3.05) is 5.32 Å². The fourth-order valence-corrected chi connectivity index (χ4v) is 2.77. The molecule has 8 heteroatoms. The summed E-state index contributed by atoms with van der Waals surface area (Å²) in [6.45, 7) is 1.88. The molecule has 1 aromatic heterocycles.